The fraction of sp³-hybridized carbons (Fsp3) is 0.467. The molecule has 5 nitrogen and oxygen atoms in total. The van der Waals surface area contributed by atoms with Crippen molar-refractivity contribution in [2.24, 2.45) is 0 Å². The highest BCUT2D eigenvalue weighted by Crippen LogP contribution is 2.38. The molecule has 1 aromatic heterocycles. The number of nitrogens with one attached hydrogen (secondary N) is 2. The molecule has 1 aliphatic carbocycles. The SMILES string of the molecule is COC1(C(C)NC(=O)c2n[nH]c3ccc(Cl)cc23)CCC1. The van der Waals surface area contributed by atoms with Crippen molar-refractivity contribution in [1.29, 1.82) is 0 Å². The Bertz CT molecular complexity index is 673. The molecule has 1 amide bonds. The van der Waals surface area contributed by atoms with E-state index in [0.29, 0.717) is 10.7 Å². The molecular weight excluding hydrogens is 290 g/mol. The molecule has 1 heterocycles. The van der Waals surface area contributed by atoms with Crippen LogP contribution in [0.3, 0.4) is 0 Å². The van der Waals surface area contributed by atoms with Crippen molar-refractivity contribution in [3.63, 3.8) is 0 Å². The smallest absolute Gasteiger partial charge is 0.272 e. The minimum atomic E-state index is -0.237. The summed E-state index contributed by atoms with van der Waals surface area (Å²) in [5.74, 6) is -0.209. The fourth-order valence-electron chi connectivity index (χ4n) is 2.90. The number of carbonyl (C=O) groups is 1. The van der Waals surface area contributed by atoms with Crippen LogP contribution in [0, 0.1) is 0 Å². The van der Waals surface area contributed by atoms with E-state index in [1.807, 2.05) is 13.0 Å². The number of amides is 1. The highest BCUT2D eigenvalue weighted by atomic mass is 35.5. The molecule has 1 unspecified atom stereocenters. The maximum absolute atomic E-state index is 12.5. The molecule has 112 valence electrons. The Morgan fingerprint density at radius 1 is 1.52 bits per heavy atom. The van der Waals surface area contributed by atoms with Gasteiger partial charge in [-0.3, -0.25) is 9.89 Å². The van der Waals surface area contributed by atoms with E-state index in [0.717, 1.165) is 30.2 Å². The van der Waals surface area contributed by atoms with Crippen molar-refractivity contribution in [3.05, 3.63) is 28.9 Å². The first-order valence-corrected chi connectivity index (χ1v) is 7.43. The van der Waals surface area contributed by atoms with Crippen LogP contribution in [0.15, 0.2) is 18.2 Å². The zero-order chi connectivity index (χ0) is 15.0. The molecule has 1 saturated carbocycles. The van der Waals surface area contributed by atoms with Crippen molar-refractivity contribution in [2.75, 3.05) is 7.11 Å². The van der Waals surface area contributed by atoms with E-state index >= 15 is 0 Å². The van der Waals surface area contributed by atoms with Crippen LogP contribution in [-0.4, -0.2) is 34.9 Å². The summed E-state index contributed by atoms with van der Waals surface area (Å²) < 4.78 is 5.60. The number of carbonyl (C=O) groups excluding carboxylic acids is 1. The third kappa shape index (κ3) is 2.40. The first-order chi connectivity index (χ1) is 10.1. The molecule has 0 spiro atoms. The summed E-state index contributed by atoms with van der Waals surface area (Å²) in [6.07, 6.45) is 3.07. The summed E-state index contributed by atoms with van der Waals surface area (Å²) in [7, 11) is 1.70. The van der Waals surface area contributed by atoms with Gasteiger partial charge in [0, 0.05) is 17.5 Å². The number of ether oxygens (including phenoxy) is 1. The van der Waals surface area contributed by atoms with Gasteiger partial charge in [0.25, 0.3) is 5.91 Å². The number of fused-ring (bicyclic) bond motifs is 1. The largest absolute Gasteiger partial charge is 0.376 e. The average Bonchev–Trinajstić information content (AvgIpc) is 2.80. The van der Waals surface area contributed by atoms with Crippen LogP contribution in [-0.2, 0) is 4.74 Å². The summed E-state index contributed by atoms with van der Waals surface area (Å²) >= 11 is 5.99. The Balaban J connectivity index is 1.82. The number of halogens is 1. The van der Waals surface area contributed by atoms with Crippen LogP contribution in [0.5, 0.6) is 0 Å². The predicted octanol–water partition coefficient (Wildman–Crippen LogP) is 2.90. The Kier molecular flexibility index (Phi) is 3.63. The molecule has 0 aliphatic heterocycles. The quantitative estimate of drug-likeness (QED) is 0.912. The van der Waals surface area contributed by atoms with E-state index in [2.05, 4.69) is 15.5 Å². The number of hydrogen-bond donors (Lipinski definition) is 2. The lowest BCUT2D eigenvalue weighted by atomic mass is 9.75. The zero-order valence-electron chi connectivity index (χ0n) is 12.1. The van der Waals surface area contributed by atoms with Crippen molar-refractivity contribution in [1.82, 2.24) is 15.5 Å². The molecule has 1 fully saturated rings. The van der Waals surface area contributed by atoms with Crippen LogP contribution in [0.2, 0.25) is 5.02 Å². The second kappa shape index (κ2) is 5.31. The fourth-order valence-corrected chi connectivity index (χ4v) is 3.07. The maximum atomic E-state index is 12.5. The first-order valence-electron chi connectivity index (χ1n) is 7.05. The predicted molar refractivity (Wildman–Crippen MR) is 81.6 cm³/mol. The average molecular weight is 308 g/mol. The number of benzene rings is 1. The maximum Gasteiger partial charge on any atom is 0.272 e. The minimum Gasteiger partial charge on any atom is -0.376 e. The van der Waals surface area contributed by atoms with Gasteiger partial charge in [0.1, 0.15) is 0 Å². The number of aromatic amines is 1. The third-order valence-electron chi connectivity index (χ3n) is 4.48. The van der Waals surface area contributed by atoms with Gasteiger partial charge in [0.15, 0.2) is 5.69 Å². The molecule has 0 radical (unpaired) electrons. The van der Waals surface area contributed by atoms with Crippen LogP contribution in [0.4, 0.5) is 0 Å². The van der Waals surface area contributed by atoms with E-state index in [-0.39, 0.29) is 17.6 Å². The molecule has 1 aromatic carbocycles. The van der Waals surface area contributed by atoms with E-state index in [1.54, 1.807) is 19.2 Å². The molecule has 6 heteroatoms. The summed E-state index contributed by atoms with van der Waals surface area (Å²) in [5.41, 5.74) is 0.923. The van der Waals surface area contributed by atoms with Crippen LogP contribution in [0.25, 0.3) is 10.9 Å². The Hall–Kier alpha value is -1.59. The molecular formula is C15H18ClN3O2. The molecule has 1 aliphatic rings. The van der Waals surface area contributed by atoms with Crippen molar-refractivity contribution < 1.29 is 9.53 Å². The molecule has 0 bridgehead atoms. The molecule has 2 aromatic rings. The molecule has 21 heavy (non-hydrogen) atoms. The van der Waals surface area contributed by atoms with E-state index < -0.39 is 0 Å². The number of methoxy groups -OCH3 is 1. The zero-order valence-corrected chi connectivity index (χ0v) is 12.8. The summed E-state index contributed by atoms with van der Waals surface area (Å²) in [6.45, 7) is 1.97. The topological polar surface area (TPSA) is 67.0 Å². The van der Waals surface area contributed by atoms with Gasteiger partial charge >= 0.3 is 0 Å². The monoisotopic (exact) mass is 307 g/mol. The lowest BCUT2D eigenvalue weighted by molar-refractivity contribution is -0.0919. The number of nitrogens with zero attached hydrogens (tertiary/aromatic N) is 1. The summed E-state index contributed by atoms with van der Waals surface area (Å²) in [6, 6.07) is 5.26. The van der Waals surface area contributed by atoms with Crippen molar-refractivity contribution >= 4 is 28.4 Å². The highest BCUT2D eigenvalue weighted by Gasteiger charge is 2.43. The van der Waals surface area contributed by atoms with Crippen molar-refractivity contribution in [2.45, 2.75) is 37.8 Å². The van der Waals surface area contributed by atoms with Crippen LogP contribution < -0.4 is 5.32 Å². The standard InChI is InChI=1S/C15H18ClN3O2/c1-9(15(21-2)6-3-7-15)17-14(20)13-11-8-10(16)4-5-12(11)18-19-13/h4-5,8-9H,3,6-7H2,1-2H3,(H,17,20)(H,18,19). The normalized spacial score (nSPS) is 18.2. The van der Waals surface area contributed by atoms with Gasteiger partial charge in [-0.05, 0) is 44.4 Å². The summed E-state index contributed by atoms with van der Waals surface area (Å²) in [5, 5.41) is 11.3. The summed E-state index contributed by atoms with van der Waals surface area (Å²) in [4.78, 5) is 12.5. The second-order valence-corrected chi connectivity index (χ2v) is 6.02. The Labute approximate surface area is 128 Å². The van der Waals surface area contributed by atoms with Crippen LogP contribution in [0.1, 0.15) is 36.7 Å². The van der Waals surface area contributed by atoms with Gasteiger partial charge < -0.3 is 10.1 Å². The highest BCUT2D eigenvalue weighted by molar-refractivity contribution is 6.31. The number of H-pyrrole nitrogens is 1. The number of aromatic nitrogens is 2. The Morgan fingerprint density at radius 3 is 2.90 bits per heavy atom. The van der Waals surface area contributed by atoms with Gasteiger partial charge in [-0.1, -0.05) is 11.6 Å². The van der Waals surface area contributed by atoms with E-state index in [4.69, 9.17) is 16.3 Å². The number of rotatable bonds is 4. The third-order valence-corrected chi connectivity index (χ3v) is 4.72. The molecule has 1 atom stereocenters. The lowest BCUT2D eigenvalue weighted by Gasteiger charge is -2.45. The van der Waals surface area contributed by atoms with E-state index in [1.165, 1.54) is 0 Å². The van der Waals surface area contributed by atoms with Gasteiger partial charge in [-0.2, -0.15) is 5.10 Å². The molecule has 2 N–H and O–H groups in total. The molecule has 0 saturated heterocycles. The first kappa shape index (κ1) is 14.4. The van der Waals surface area contributed by atoms with E-state index in [9.17, 15) is 4.79 Å². The number of hydrogen-bond acceptors (Lipinski definition) is 3. The van der Waals surface area contributed by atoms with Gasteiger partial charge in [0.2, 0.25) is 0 Å². The van der Waals surface area contributed by atoms with Gasteiger partial charge in [-0.25, -0.2) is 0 Å². The minimum absolute atomic E-state index is 0.0605. The molecule has 3 rings (SSSR count). The second-order valence-electron chi connectivity index (χ2n) is 5.58. The van der Waals surface area contributed by atoms with Crippen LogP contribution >= 0.6 is 11.6 Å². The van der Waals surface area contributed by atoms with Gasteiger partial charge in [-0.15, -0.1) is 0 Å². The Morgan fingerprint density at radius 2 is 2.29 bits per heavy atom. The lowest BCUT2D eigenvalue weighted by Crippen LogP contribution is -2.56. The van der Waals surface area contributed by atoms with Gasteiger partial charge in [0.05, 0.1) is 17.2 Å². The van der Waals surface area contributed by atoms with Crippen molar-refractivity contribution in [3.8, 4) is 0 Å².